The first-order valence-electron chi connectivity index (χ1n) is 15.0. The molecule has 4 fully saturated rings. The highest BCUT2D eigenvalue weighted by Gasteiger charge is 2.53. The zero-order valence-electron chi connectivity index (χ0n) is 25.0. The van der Waals surface area contributed by atoms with E-state index in [1.165, 1.54) is 0 Å². The van der Waals surface area contributed by atoms with Gasteiger partial charge in [0.05, 0.1) is 36.7 Å². The number of ether oxygens (including phenoxy) is 6. The fourth-order valence-corrected chi connectivity index (χ4v) is 7.13. The molecule has 0 aromatic heterocycles. The Bertz CT molecular complexity index is 1070. The normalized spacial score (nSPS) is 48.8. The van der Waals surface area contributed by atoms with Crippen LogP contribution >= 0.6 is 0 Å². The molecular weight excluding hydrogens is 624 g/mol. The van der Waals surface area contributed by atoms with E-state index in [0.717, 1.165) is 6.26 Å². The van der Waals surface area contributed by atoms with Crippen molar-refractivity contribution in [3.63, 3.8) is 0 Å². The van der Waals surface area contributed by atoms with Crippen LogP contribution in [-0.4, -0.2) is 169 Å². The van der Waals surface area contributed by atoms with Crippen LogP contribution in [0.4, 0.5) is 0 Å². The molecule has 1 aliphatic carbocycles. The van der Waals surface area contributed by atoms with Crippen molar-refractivity contribution in [1.82, 2.24) is 0 Å². The molecule has 18 atom stereocenters. The van der Waals surface area contributed by atoms with Gasteiger partial charge < -0.3 is 88.4 Å². The summed E-state index contributed by atoms with van der Waals surface area (Å²) in [6.07, 6.45) is -14.3. The van der Waals surface area contributed by atoms with Crippen LogP contribution in [0.2, 0.25) is 0 Å². The van der Waals surface area contributed by atoms with Crippen LogP contribution in [0.15, 0.2) is 0 Å². The zero-order chi connectivity index (χ0) is 33.4. The maximum absolute atomic E-state index is 11.8. The molecule has 0 amide bonds. The standard InChI is InChI=1S/C25H50N6O13S/c1-45(37,38)7-11(30)12-3-2-8(27)23(39-12)42-20-10(29)4-9(28)16(33)22(20)44-25-19(36)21(14(6-32)41-25)43-24-15(31)18(35)17(34)13(5-26)40-24/h8-25,32-36H,2-7,26-31H2,1H3. The molecule has 1 saturated carbocycles. The lowest BCUT2D eigenvalue weighted by atomic mass is 9.84. The van der Waals surface area contributed by atoms with Crippen molar-refractivity contribution < 1.29 is 62.4 Å². The largest absolute Gasteiger partial charge is 0.394 e. The number of nitrogens with two attached hydrogens (primary N) is 6. The first kappa shape index (κ1) is 37.1. The number of hydrogen-bond acceptors (Lipinski definition) is 19. The number of hydrogen-bond donors (Lipinski definition) is 11. The monoisotopic (exact) mass is 674 g/mol. The lowest BCUT2D eigenvalue weighted by molar-refractivity contribution is -0.290. The Kier molecular flexibility index (Phi) is 12.5. The number of aliphatic hydroxyl groups excluding tert-OH is 5. The zero-order valence-corrected chi connectivity index (χ0v) is 25.8. The molecule has 45 heavy (non-hydrogen) atoms. The van der Waals surface area contributed by atoms with Crippen LogP contribution < -0.4 is 34.4 Å². The van der Waals surface area contributed by atoms with Crippen molar-refractivity contribution in [2.75, 3.05) is 25.2 Å². The predicted octanol–water partition coefficient (Wildman–Crippen LogP) is -7.42. The molecule has 17 N–H and O–H groups in total. The van der Waals surface area contributed by atoms with Crippen LogP contribution in [-0.2, 0) is 38.3 Å². The molecule has 4 aliphatic rings. The molecule has 3 aliphatic heterocycles. The van der Waals surface area contributed by atoms with E-state index in [1.807, 2.05) is 0 Å². The summed E-state index contributed by atoms with van der Waals surface area (Å²) in [6.45, 7) is -0.801. The molecule has 4 rings (SSSR count). The lowest BCUT2D eigenvalue weighted by Gasteiger charge is -2.46. The average molecular weight is 675 g/mol. The molecular formula is C25H50N6O13S. The van der Waals surface area contributed by atoms with E-state index in [-0.39, 0.29) is 18.7 Å². The summed E-state index contributed by atoms with van der Waals surface area (Å²) in [5.74, 6) is -0.308. The van der Waals surface area contributed by atoms with Crippen molar-refractivity contribution >= 4 is 9.84 Å². The number of aliphatic hydroxyl groups is 5. The molecule has 0 radical (unpaired) electrons. The van der Waals surface area contributed by atoms with Gasteiger partial charge in [0.2, 0.25) is 0 Å². The molecule has 18 unspecified atom stereocenters. The average Bonchev–Trinajstić information content (AvgIpc) is 3.27. The van der Waals surface area contributed by atoms with Gasteiger partial charge in [0.15, 0.2) is 18.9 Å². The van der Waals surface area contributed by atoms with Crippen molar-refractivity contribution in [2.45, 2.75) is 129 Å². The molecule has 3 heterocycles. The van der Waals surface area contributed by atoms with E-state index in [4.69, 9.17) is 62.8 Å². The summed E-state index contributed by atoms with van der Waals surface area (Å²) in [5.41, 5.74) is 36.5. The molecule has 0 aromatic carbocycles. The van der Waals surface area contributed by atoms with Crippen LogP contribution in [0.3, 0.4) is 0 Å². The Hall–Kier alpha value is -0.730. The predicted molar refractivity (Wildman–Crippen MR) is 154 cm³/mol. The maximum atomic E-state index is 11.8. The van der Waals surface area contributed by atoms with Gasteiger partial charge in [0, 0.05) is 30.9 Å². The first-order valence-corrected chi connectivity index (χ1v) is 17.0. The summed E-state index contributed by atoms with van der Waals surface area (Å²) in [5, 5.41) is 52.7. The van der Waals surface area contributed by atoms with Gasteiger partial charge in [0.25, 0.3) is 0 Å². The Morgan fingerprint density at radius 2 is 1.38 bits per heavy atom. The summed E-state index contributed by atoms with van der Waals surface area (Å²) in [4.78, 5) is 0. The third-order valence-corrected chi connectivity index (χ3v) is 9.80. The highest BCUT2D eigenvalue weighted by atomic mass is 32.2. The number of rotatable bonds is 11. The quantitative estimate of drug-likeness (QED) is 0.0969. The van der Waals surface area contributed by atoms with E-state index in [9.17, 15) is 34.0 Å². The van der Waals surface area contributed by atoms with Gasteiger partial charge in [-0.05, 0) is 19.3 Å². The smallest absolute Gasteiger partial charge is 0.187 e. The summed E-state index contributed by atoms with van der Waals surface area (Å²) in [7, 11) is -3.39. The molecule has 0 aromatic rings. The molecule has 19 nitrogen and oxygen atoms in total. The Labute approximate surface area is 261 Å². The van der Waals surface area contributed by atoms with Gasteiger partial charge in [-0.15, -0.1) is 0 Å². The van der Waals surface area contributed by atoms with Gasteiger partial charge in [-0.3, -0.25) is 0 Å². The topological polar surface area (TPSA) is 347 Å². The second-order valence-corrected chi connectivity index (χ2v) is 14.6. The fourth-order valence-electron chi connectivity index (χ4n) is 6.21. The van der Waals surface area contributed by atoms with Crippen LogP contribution in [0.25, 0.3) is 0 Å². The van der Waals surface area contributed by atoms with Crippen molar-refractivity contribution in [2.24, 2.45) is 34.4 Å². The van der Waals surface area contributed by atoms with Gasteiger partial charge in [-0.2, -0.15) is 0 Å². The second-order valence-electron chi connectivity index (χ2n) is 12.4. The number of sulfone groups is 1. The van der Waals surface area contributed by atoms with E-state index < -0.39 is 127 Å². The Morgan fingerprint density at radius 1 is 0.756 bits per heavy atom. The van der Waals surface area contributed by atoms with Gasteiger partial charge in [0.1, 0.15) is 58.7 Å². The minimum Gasteiger partial charge on any atom is -0.394 e. The maximum Gasteiger partial charge on any atom is 0.187 e. The van der Waals surface area contributed by atoms with Crippen LogP contribution in [0.1, 0.15) is 19.3 Å². The van der Waals surface area contributed by atoms with E-state index in [2.05, 4.69) is 0 Å². The SMILES string of the molecule is CS(=O)(=O)CC(N)C1CCC(N)C(OC2C(N)CC(N)C(O)C2OC2OC(CO)C(OC3OC(CN)C(O)C(O)C3N)C2O)O1. The van der Waals surface area contributed by atoms with Crippen LogP contribution in [0, 0.1) is 0 Å². The summed E-state index contributed by atoms with van der Waals surface area (Å²) >= 11 is 0. The molecule has 0 spiro atoms. The van der Waals surface area contributed by atoms with E-state index in [1.54, 1.807) is 0 Å². The highest BCUT2D eigenvalue weighted by molar-refractivity contribution is 7.90. The van der Waals surface area contributed by atoms with Gasteiger partial charge in [-0.1, -0.05) is 0 Å². The highest BCUT2D eigenvalue weighted by Crippen LogP contribution is 2.34. The van der Waals surface area contributed by atoms with Crippen molar-refractivity contribution in [3.8, 4) is 0 Å². The van der Waals surface area contributed by atoms with E-state index >= 15 is 0 Å². The third-order valence-electron chi connectivity index (χ3n) is 8.81. The molecule has 20 heteroatoms. The minimum atomic E-state index is -3.39. The van der Waals surface area contributed by atoms with Crippen molar-refractivity contribution in [1.29, 1.82) is 0 Å². The Balaban J connectivity index is 1.48. The minimum absolute atomic E-state index is 0.122. The van der Waals surface area contributed by atoms with Gasteiger partial charge >= 0.3 is 0 Å². The first-order chi connectivity index (χ1) is 21.1. The third kappa shape index (κ3) is 8.47. The molecule has 0 bridgehead atoms. The summed E-state index contributed by atoms with van der Waals surface area (Å²) in [6, 6.07) is -4.38. The van der Waals surface area contributed by atoms with Gasteiger partial charge in [-0.25, -0.2) is 8.42 Å². The molecule has 3 saturated heterocycles. The molecule has 264 valence electrons. The van der Waals surface area contributed by atoms with Crippen molar-refractivity contribution in [3.05, 3.63) is 0 Å². The lowest BCUT2D eigenvalue weighted by Crippen LogP contribution is -2.66. The fraction of sp³-hybridized carbons (Fsp3) is 1.00. The Morgan fingerprint density at radius 3 is 2.00 bits per heavy atom. The van der Waals surface area contributed by atoms with E-state index in [0.29, 0.717) is 12.8 Å². The second kappa shape index (κ2) is 15.2. The van der Waals surface area contributed by atoms with Crippen LogP contribution in [0.5, 0.6) is 0 Å². The summed E-state index contributed by atoms with van der Waals surface area (Å²) < 4.78 is 58.9.